The van der Waals surface area contributed by atoms with Gasteiger partial charge in [-0.25, -0.2) is 0 Å². The van der Waals surface area contributed by atoms with E-state index < -0.39 is 0 Å². The van der Waals surface area contributed by atoms with Crippen LogP contribution in [-0.2, 0) is 11.2 Å². The molecule has 6 nitrogen and oxygen atoms in total. The molecule has 0 aliphatic carbocycles. The van der Waals surface area contributed by atoms with Gasteiger partial charge >= 0.3 is 0 Å². The van der Waals surface area contributed by atoms with Gasteiger partial charge in [0.1, 0.15) is 12.4 Å². The van der Waals surface area contributed by atoms with E-state index in [-0.39, 0.29) is 5.91 Å². The molecule has 3 N–H and O–H groups in total. The number of anilines is 1. The van der Waals surface area contributed by atoms with Crippen molar-refractivity contribution in [1.82, 2.24) is 10.6 Å². The van der Waals surface area contributed by atoms with E-state index in [1.165, 1.54) is 0 Å². The number of rotatable bonds is 8. The SMILES string of the molecule is CCCCN=C(NCC)NCCOc1ccc2c(c1)CCC(=O)N2. The molecule has 1 aliphatic rings. The summed E-state index contributed by atoms with van der Waals surface area (Å²) in [7, 11) is 0. The smallest absolute Gasteiger partial charge is 0.224 e. The van der Waals surface area contributed by atoms with E-state index in [2.05, 4.69) is 34.8 Å². The summed E-state index contributed by atoms with van der Waals surface area (Å²) in [6.45, 7) is 7.14. The van der Waals surface area contributed by atoms with Crippen LogP contribution in [0.25, 0.3) is 0 Å². The zero-order valence-electron chi connectivity index (χ0n) is 14.7. The number of aliphatic imine (C=N–C) groups is 1. The Balaban J connectivity index is 1.77. The predicted octanol–water partition coefficient (Wildman–Crippen LogP) is 2.31. The van der Waals surface area contributed by atoms with E-state index in [4.69, 9.17) is 4.74 Å². The van der Waals surface area contributed by atoms with Crippen LogP contribution in [0.2, 0.25) is 0 Å². The van der Waals surface area contributed by atoms with Gasteiger partial charge in [0.2, 0.25) is 5.91 Å². The van der Waals surface area contributed by atoms with Crippen LogP contribution in [0.5, 0.6) is 5.75 Å². The van der Waals surface area contributed by atoms with Crippen LogP contribution in [0.3, 0.4) is 0 Å². The first-order valence-electron chi connectivity index (χ1n) is 8.80. The second-order valence-electron chi connectivity index (χ2n) is 5.76. The van der Waals surface area contributed by atoms with Gasteiger partial charge in [0.05, 0.1) is 6.54 Å². The average Bonchev–Trinajstić information content (AvgIpc) is 2.59. The Bertz CT molecular complexity index is 572. The second-order valence-corrected chi connectivity index (χ2v) is 5.76. The average molecular weight is 332 g/mol. The summed E-state index contributed by atoms with van der Waals surface area (Å²) >= 11 is 0. The summed E-state index contributed by atoms with van der Waals surface area (Å²) in [5, 5.41) is 9.38. The Hall–Kier alpha value is -2.24. The molecule has 1 aromatic carbocycles. The quantitative estimate of drug-likeness (QED) is 0.388. The van der Waals surface area contributed by atoms with Crippen LogP contribution in [0, 0.1) is 0 Å². The van der Waals surface area contributed by atoms with Gasteiger partial charge in [-0.05, 0) is 43.5 Å². The molecule has 1 aromatic rings. The van der Waals surface area contributed by atoms with Gasteiger partial charge in [0, 0.05) is 25.2 Å². The Labute approximate surface area is 144 Å². The lowest BCUT2D eigenvalue weighted by atomic mass is 10.0. The molecule has 1 aliphatic heterocycles. The zero-order valence-corrected chi connectivity index (χ0v) is 14.7. The van der Waals surface area contributed by atoms with Crippen molar-refractivity contribution < 1.29 is 9.53 Å². The molecule has 1 amide bonds. The van der Waals surface area contributed by atoms with E-state index in [1.807, 2.05) is 18.2 Å². The lowest BCUT2D eigenvalue weighted by molar-refractivity contribution is -0.116. The van der Waals surface area contributed by atoms with Crippen molar-refractivity contribution in [3.05, 3.63) is 23.8 Å². The van der Waals surface area contributed by atoms with E-state index in [0.29, 0.717) is 19.6 Å². The predicted molar refractivity (Wildman–Crippen MR) is 97.8 cm³/mol. The lowest BCUT2D eigenvalue weighted by Gasteiger charge is -2.18. The van der Waals surface area contributed by atoms with Crippen molar-refractivity contribution in [2.24, 2.45) is 4.99 Å². The highest BCUT2D eigenvalue weighted by atomic mass is 16.5. The minimum absolute atomic E-state index is 0.0821. The van der Waals surface area contributed by atoms with Crippen molar-refractivity contribution in [2.75, 3.05) is 31.6 Å². The van der Waals surface area contributed by atoms with Crippen molar-refractivity contribution in [1.29, 1.82) is 0 Å². The maximum Gasteiger partial charge on any atom is 0.224 e. The number of fused-ring (bicyclic) bond motifs is 1. The topological polar surface area (TPSA) is 74.8 Å². The fraction of sp³-hybridized carbons (Fsp3) is 0.556. The summed E-state index contributed by atoms with van der Waals surface area (Å²) in [4.78, 5) is 15.9. The fourth-order valence-corrected chi connectivity index (χ4v) is 2.48. The molecule has 0 fully saturated rings. The molecule has 24 heavy (non-hydrogen) atoms. The van der Waals surface area contributed by atoms with Gasteiger partial charge in [-0.15, -0.1) is 0 Å². The molecular weight excluding hydrogens is 304 g/mol. The number of nitrogens with one attached hydrogen (secondary N) is 3. The molecule has 6 heteroatoms. The number of unbranched alkanes of at least 4 members (excludes halogenated alkanes) is 1. The first kappa shape index (κ1) is 18.1. The molecule has 0 unspecified atom stereocenters. The maximum atomic E-state index is 11.4. The monoisotopic (exact) mass is 332 g/mol. The Morgan fingerprint density at radius 2 is 2.17 bits per heavy atom. The van der Waals surface area contributed by atoms with E-state index in [0.717, 1.165) is 55.3 Å². The molecule has 1 heterocycles. The third-order valence-corrected chi connectivity index (χ3v) is 3.76. The largest absolute Gasteiger partial charge is 0.492 e. The molecule has 2 rings (SSSR count). The van der Waals surface area contributed by atoms with Gasteiger partial charge in [-0.2, -0.15) is 0 Å². The number of benzene rings is 1. The number of carbonyl (C=O) groups excluding carboxylic acids is 1. The first-order chi connectivity index (χ1) is 11.7. The number of carbonyl (C=O) groups is 1. The van der Waals surface area contributed by atoms with Crippen LogP contribution >= 0.6 is 0 Å². The van der Waals surface area contributed by atoms with Crippen LogP contribution in [0.4, 0.5) is 5.69 Å². The third-order valence-electron chi connectivity index (χ3n) is 3.76. The fourth-order valence-electron chi connectivity index (χ4n) is 2.48. The molecule has 132 valence electrons. The van der Waals surface area contributed by atoms with Gasteiger partial charge in [-0.1, -0.05) is 13.3 Å². The second kappa shape index (κ2) is 9.80. The zero-order chi connectivity index (χ0) is 17.2. The van der Waals surface area contributed by atoms with Gasteiger partial charge < -0.3 is 20.7 Å². The van der Waals surface area contributed by atoms with E-state index in [1.54, 1.807) is 0 Å². The number of hydrogen-bond donors (Lipinski definition) is 3. The minimum atomic E-state index is 0.0821. The van der Waals surface area contributed by atoms with Crippen molar-refractivity contribution in [3.8, 4) is 5.75 Å². The molecule has 0 saturated carbocycles. The van der Waals surface area contributed by atoms with E-state index in [9.17, 15) is 4.79 Å². The summed E-state index contributed by atoms with van der Waals surface area (Å²) in [5.41, 5.74) is 2.03. The van der Waals surface area contributed by atoms with E-state index >= 15 is 0 Å². The van der Waals surface area contributed by atoms with Crippen molar-refractivity contribution in [3.63, 3.8) is 0 Å². The number of aryl methyl sites for hydroxylation is 1. The highest BCUT2D eigenvalue weighted by Gasteiger charge is 2.14. The molecule has 0 atom stereocenters. The normalized spacial score (nSPS) is 13.9. The highest BCUT2D eigenvalue weighted by molar-refractivity contribution is 5.94. The van der Waals surface area contributed by atoms with Gasteiger partial charge in [0.25, 0.3) is 0 Å². The Morgan fingerprint density at radius 1 is 1.29 bits per heavy atom. The molecule has 0 radical (unpaired) electrons. The van der Waals surface area contributed by atoms with Gasteiger partial charge in [-0.3, -0.25) is 9.79 Å². The Kier molecular flexibility index (Phi) is 7.39. The summed E-state index contributed by atoms with van der Waals surface area (Å²) in [5.74, 6) is 1.75. The number of guanidine groups is 1. The molecular formula is C18H28N4O2. The molecule has 0 bridgehead atoms. The molecule has 0 spiro atoms. The maximum absolute atomic E-state index is 11.4. The summed E-state index contributed by atoms with van der Waals surface area (Å²) in [6.07, 6.45) is 3.55. The number of amides is 1. The van der Waals surface area contributed by atoms with Crippen LogP contribution in [0.1, 0.15) is 38.7 Å². The van der Waals surface area contributed by atoms with Crippen LogP contribution < -0.4 is 20.7 Å². The molecule has 0 saturated heterocycles. The Morgan fingerprint density at radius 3 is 2.96 bits per heavy atom. The number of hydrogen-bond acceptors (Lipinski definition) is 3. The standard InChI is InChI=1S/C18H28N4O2/c1-3-5-10-20-18(19-4-2)21-11-12-24-15-7-8-16-14(13-15)6-9-17(23)22-16/h7-8,13H,3-6,9-12H2,1-2H3,(H,22,23)(H2,19,20,21). The molecule has 0 aromatic heterocycles. The van der Waals surface area contributed by atoms with Gasteiger partial charge in [0.15, 0.2) is 5.96 Å². The number of nitrogens with zero attached hydrogens (tertiary/aromatic N) is 1. The minimum Gasteiger partial charge on any atom is -0.492 e. The van der Waals surface area contributed by atoms with Crippen molar-refractivity contribution in [2.45, 2.75) is 39.5 Å². The summed E-state index contributed by atoms with van der Waals surface area (Å²) < 4.78 is 5.80. The first-order valence-corrected chi connectivity index (χ1v) is 8.80. The number of ether oxygens (including phenoxy) is 1. The summed E-state index contributed by atoms with van der Waals surface area (Å²) in [6, 6.07) is 5.81. The lowest BCUT2D eigenvalue weighted by Crippen LogP contribution is -2.39. The van der Waals surface area contributed by atoms with Crippen LogP contribution in [0.15, 0.2) is 23.2 Å². The highest BCUT2D eigenvalue weighted by Crippen LogP contribution is 2.26. The van der Waals surface area contributed by atoms with Crippen LogP contribution in [-0.4, -0.2) is 38.1 Å². The third kappa shape index (κ3) is 5.76. The van der Waals surface area contributed by atoms with Crippen molar-refractivity contribution >= 4 is 17.6 Å².